The molecule has 1 aromatic carbocycles. The summed E-state index contributed by atoms with van der Waals surface area (Å²) in [5.41, 5.74) is -5.82. The molecule has 0 unspecified atom stereocenters. The van der Waals surface area contributed by atoms with Crippen molar-refractivity contribution in [3.8, 4) is 0 Å². The maximum atomic E-state index is 12.6. The molecular formula is C13H18F3NO3S. The van der Waals surface area contributed by atoms with Crippen molar-refractivity contribution in [1.82, 2.24) is 0 Å². The first-order valence-electron chi connectivity index (χ1n) is 6.26. The van der Waals surface area contributed by atoms with E-state index in [1.54, 1.807) is 0 Å². The Labute approximate surface area is 121 Å². The lowest BCUT2D eigenvalue weighted by atomic mass is 9.90. The van der Waals surface area contributed by atoms with Crippen molar-refractivity contribution in [3.63, 3.8) is 0 Å². The summed E-state index contributed by atoms with van der Waals surface area (Å²) in [6.07, 6.45) is 0.439. The normalized spacial score (nSPS) is 13.2. The van der Waals surface area contributed by atoms with Gasteiger partial charge >= 0.3 is 5.51 Å². The molecule has 0 atom stereocenters. The molecule has 8 heteroatoms. The third kappa shape index (κ3) is 4.34. The van der Waals surface area contributed by atoms with E-state index in [0.29, 0.717) is 6.42 Å². The molecule has 0 bridgehead atoms. The van der Waals surface area contributed by atoms with Crippen LogP contribution in [0.2, 0.25) is 0 Å². The molecule has 21 heavy (non-hydrogen) atoms. The lowest BCUT2D eigenvalue weighted by Crippen LogP contribution is -2.27. The number of aliphatic hydroxyl groups is 1. The molecule has 0 saturated heterocycles. The number of aliphatic hydroxyl groups excluding tert-OH is 1. The van der Waals surface area contributed by atoms with Gasteiger partial charge in [0.05, 0.1) is 10.6 Å². The Morgan fingerprint density at radius 1 is 1.19 bits per heavy atom. The second-order valence-corrected chi connectivity index (χ2v) is 7.35. The molecule has 0 radical (unpaired) electrons. The molecule has 4 nitrogen and oxygen atoms in total. The third-order valence-electron chi connectivity index (χ3n) is 3.03. The Balaban J connectivity index is 3.07. The summed E-state index contributed by atoms with van der Waals surface area (Å²) in [5.74, 6) is 0. The van der Waals surface area contributed by atoms with Crippen molar-refractivity contribution < 1.29 is 26.7 Å². The van der Waals surface area contributed by atoms with E-state index in [4.69, 9.17) is 5.11 Å². The maximum absolute atomic E-state index is 12.6. The summed E-state index contributed by atoms with van der Waals surface area (Å²) in [6.45, 7) is 3.81. The van der Waals surface area contributed by atoms with Crippen LogP contribution < -0.4 is 5.32 Å². The van der Waals surface area contributed by atoms with Crippen LogP contribution in [0.25, 0.3) is 0 Å². The summed E-state index contributed by atoms with van der Waals surface area (Å²) in [7, 11) is -5.40. The largest absolute Gasteiger partial charge is 0.501 e. The molecule has 0 fully saturated rings. The number of para-hydroxylation sites is 1. The topological polar surface area (TPSA) is 66.4 Å². The van der Waals surface area contributed by atoms with Crippen molar-refractivity contribution in [2.75, 3.05) is 18.5 Å². The highest BCUT2D eigenvalue weighted by molar-refractivity contribution is 7.92. The minimum Gasteiger partial charge on any atom is -0.396 e. The fourth-order valence-corrected chi connectivity index (χ4v) is 2.63. The second-order valence-electron chi connectivity index (χ2n) is 5.44. The lowest BCUT2D eigenvalue weighted by Gasteiger charge is -2.25. The number of rotatable bonds is 6. The molecule has 0 aliphatic carbocycles. The minimum atomic E-state index is -5.40. The van der Waals surface area contributed by atoms with E-state index in [1.165, 1.54) is 18.2 Å². The Bertz CT molecular complexity index is 583. The van der Waals surface area contributed by atoms with Gasteiger partial charge in [0.1, 0.15) is 0 Å². The number of anilines is 1. The fourth-order valence-electron chi connectivity index (χ4n) is 1.70. The summed E-state index contributed by atoms with van der Waals surface area (Å²) >= 11 is 0. The van der Waals surface area contributed by atoms with Gasteiger partial charge in [0.2, 0.25) is 0 Å². The molecule has 0 amide bonds. The number of hydrogen-bond acceptors (Lipinski definition) is 4. The summed E-state index contributed by atoms with van der Waals surface area (Å²) < 4.78 is 61.0. The van der Waals surface area contributed by atoms with Crippen molar-refractivity contribution in [1.29, 1.82) is 0 Å². The zero-order chi connectivity index (χ0) is 16.3. The smallest absolute Gasteiger partial charge is 0.396 e. The zero-order valence-electron chi connectivity index (χ0n) is 11.7. The number of alkyl halides is 3. The standard InChI is InChI=1S/C13H18F3NO3S/c1-12(2,7-8-18)9-17-10-5-3-4-6-11(10)21(19,20)13(14,15)16/h3-6,17-18H,7-9H2,1-2H3. The van der Waals surface area contributed by atoms with Gasteiger partial charge in [0.15, 0.2) is 0 Å². The third-order valence-corrected chi connectivity index (χ3v) is 4.57. The number of nitrogens with one attached hydrogen (secondary N) is 1. The van der Waals surface area contributed by atoms with Crippen molar-refractivity contribution in [2.24, 2.45) is 5.41 Å². The van der Waals surface area contributed by atoms with Gasteiger partial charge in [-0.05, 0) is 24.0 Å². The van der Waals surface area contributed by atoms with Crippen molar-refractivity contribution in [2.45, 2.75) is 30.7 Å². The maximum Gasteiger partial charge on any atom is 0.501 e. The summed E-state index contributed by atoms with van der Waals surface area (Å²) in [6, 6.07) is 4.90. The average molecular weight is 325 g/mol. The first-order valence-corrected chi connectivity index (χ1v) is 7.75. The van der Waals surface area contributed by atoms with Gasteiger partial charge in [-0.15, -0.1) is 0 Å². The van der Waals surface area contributed by atoms with Crippen LogP contribution in [0.4, 0.5) is 18.9 Å². The molecule has 0 aliphatic heterocycles. The van der Waals surface area contributed by atoms with E-state index in [-0.39, 0.29) is 24.3 Å². The quantitative estimate of drug-likeness (QED) is 0.844. The molecule has 0 aromatic heterocycles. The second kappa shape index (κ2) is 6.23. The van der Waals surface area contributed by atoms with Gasteiger partial charge in [-0.2, -0.15) is 13.2 Å². The van der Waals surface area contributed by atoms with Crippen LogP contribution in [-0.4, -0.2) is 32.2 Å². The van der Waals surface area contributed by atoms with E-state index in [2.05, 4.69) is 5.32 Å². The molecule has 0 spiro atoms. The van der Waals surface area contributed by atoms with Gasteiger partial charge in [0, 0.05) is 13.2 Å². The van der Waals surface area contributed by atoms with E-state index in [0.717, 1.165) is 6.07 Å². The molecule has 120 valence electrons. The first-order chi connectivity index (χ1) is 9.51. The molecule has 1 rings (SSSR count). The Morgan fingerprint density at radius 2 is 1.76 bits per heavy atom. The van der Waals surface area contributed by atoms with Crippen LogP contribution in [0.1, 0.15) is 20.3 Å². The van der Waals surface area contributed by atoms with Crippen LogP contribution in [0.3, 0.4) is 0 Å². The Kier molecular flexibility index (Phi) is 5.27. The fraction of sp³-hybridized carbons (Fsp3) is 0.538. The van der Waals surface area contributed by atoms with Crippen LogP contribution in [0, 0.1) is 5.41 Å². The molecule has 0 aliphatic rings. The van der Waals surface area contributed by atoms with Gasteiger partial charge in [-0.3, -0.25) is 0 Å². The highest BCUT2D eigenvalue weighted by Gasteiger charge is 2.47. The number of hydrogen-bond donors (Lipinski definition) is 2. The van der Waals surface area contributed by atoms with Crippen LogP contribution >= 0.6 is 0 Å². The van der Waals surface area contributed by atoms with Crippen LogP contribution in [-0.2, 0) is 9.84 Å². The number of halogens is 3. The SMILES string of the molecule is CC(C)(CCO)CNc1ccccc1S(=O)(=O)C(F)(F)F. The van der Waals surface area contributed by atoms with Gasteiger partial charge in [-0.25, -0.2) is 8.42 Å². The van der Waals surface area contributed by atoms with E-state index in [1.807, 2.05) is 13.8 Å². The van der Waals surface area contributed by atoms with Crippen LogP contribution in [0.15, 0.2) is 29.2 Å². The predicted molar refractivity (Wildman–Crippen MR) is 73.7 cm³/mol. The van der Waals surface area contributed by atoms with Gasteiger partial charge in [-0.1, -0.05) is 26.0 Å². The lowest BCUT2D eigenvalue weighted by molar-refractivity contribution is -0.0435. The monoisotopic (exact) mass is 325 g/mol. The Hall–Kier alpha value is -1.28. The summed E-state index contributed by atoms with van der Waals surface area (Å²) in [4.78, 5) is -0.794. The first kappa shape index (κ1) is 17.8. The van der Waals surface area contributed by atoms with Crippen molar-refractivity contribution >= 4 is 15.5 Å². The molecule has 0 heterocycles. The van der Waals surface area contributed by atoms with E-state index < -0.39 is 20.2 Å². The van der Waals surface area contributed by atoms with Gasteiger partial charge < -0.3 is 10.4 Å². The molecule has 2 N–H and O–H groups in total. The van der Waals surface area contributed by atoms with Crippen LogP contribution in [0.5, 0.6) is 0 Å². The average Bonchev–Trinajstić information content (AvgIpc) is 2.35. The van der Waals surface area contributed by atoms with E-state index >= 15 is 0 Å². The molecule has 1 aromatic rings. The van der Waals surface area contributed by atoms with Gasteiger partial charge in [0.25, 0.3) is 9.84 Å². The van der Waals surface area contributed by atoms with E-state index in [9.17, 15) is 21.6 Å². The molecule has 0 saturated carbocycles. The minimum absolute atomic E-state index is 0.0584. The van der Waals surface area contributed by atoms with Crippen molar-refractivity contribution in [3.05, 3.63) is 24.3 Å². The number of sulfone groups is 1. The number of benzene rings is 1. The molecular weight excluding hydrogens is 307 g/mol. The zero-order valence-corrected chi connectivity index (χ0v) is 12.6. The highest BCUT2D eigenvalue weighted by atomic mass is 32.2. The predicted octanol–water partition coefficient (Wildman–Crippen LogP) is 2.80. The highest BCUT2D eigenvalue weighted by Crippen LogP contribution is 2.34. The summed E-state index contributed by atoms with van der Waals surface area (Å²) in [5, 5.41) is 11.6. The Morgan fingerprint density at radius 3 is 2.29 bits per heavy atom.